The molecule has 0 saturated heterocycles. The van der Waals surface area contributed by atoms with E-state index in [1.54, 1.807) is 0 Å². The average molecular weight is 401 g/mol. The molecule has 1 aliphatic rings. The van der Waals surface area contributed by atoms with Gasteiger partial charge < -0.3 is 10.6 Å². The van der Waals surface area contributed by atoms with Crippen LogP contribution >= 0.6 is 0 Å². The largest absolute Gasteiger partial charge is 0.351 e. The van der Waals surface area contributed by atoms with E-state index in [0.717, 1.165) is 16.7 Å². The Morgan fingerprint density at radius 2 is 1.73 bits per heavy atom. The summed E-state index contributed by atoms with van der Waals surface area (Å²) >= 11 is 0. The van der Waals surface area contributed by atoms with E-state index in [0.29, 0.717) is 24.1 Å². The van der Waals surface area contributed by atoms with Gasteiger partial charge >= 0.3 is 0 Å². The molecule has 0 unspecified atom stereocenters. The quantitative estimate of drug-likeness (QED) is 0.602. The molecule has 0 radical (unpaired) electrons. The monoisotopic (exact) mass is 400 g/mol. The number of hydrogen-bond donors (Lipinski definition) is 2. The summed E-state index contributed by atoms with van der Waals surface area (Å²) in [5.41, 5.74) is 4.76. The molecule has 4 rings (SSSR count). The van der Waals surface area contributed by atoms with Gasteiger partial charge in [-0.15, -0.1) is 0 Å². The van der Waals surface area contributed by atoms with Crippen molar-refractivity contribution in [3.05, 3.63) is 77.6 Å². The third-order valence-corrected chi connectivity index (χ3v) is 5.75. The summed E-state index contributed by atoms with van der Waals surface area (Å²) in [6, 6.07) is 16.1. The van der Waals surface area contributed by atoms with Gasteiger partial charge in [-0.1, -0.05) is 55.7 Å². The maximum atomic E-state index is 12.6. The van der Waals surface area contributed by atoms with E-state index in [2.05, 4.69) is 33.6 Å². The van der Waals surface area contributed by atoms with Crippen LogP contribution in [0.25, 0.3) is 11.1 Å². The predicted octanol–water partition coefficient (Wildman–Crippen LogP) is 5.13. The fourth-order valence-electron chi connectivity index (χ4n) is 3.91. The normalized spacial score (nSPS) is 14.3. The van der Waals surface area contributed by atoms with Gasteiger partial charge in [-0.25, -0.2) is 9.97 Å². The average Bonchev–Trinajstić information content (AvgIpc) is 2.80. The maximum absolute atomic E-state index is 12.6. The van der Waals surface area contributed by atoms with Gasteiger partial charge in [0.1, 0.15) is 0 Å². The molecule has 1 fully saturated rings. The Bertz CT molecular complexity index is 994. The molecule has 1 amide bonds. The van der Waals surface area contributed by atoms with Crippen molar-refractivity contribution in [1.29, 1.82) is 0 Å². The van der Waals surface area contributed by atoms with Crippen LogP contribution in [0.5, 0.6) is 0 Å². The Labute approximate surface area is 178 Å². The molecule has 2 N–H and O–H groups in total. The van der Waals surface area contributed by atoms with Gasteiger partial charge in [-0.05, 0) is 48.6 Å². The number of anilines is 1. The standard InChI is InChI=1S/C25H28N4O/c1-18-8-5-6-9-21(18)15-26-24(30)20-11-7-10-19(14-20)22-16-27-25(28-17-22)29-23-12-3-2-4-13-23/h5-11,14,16-17,23H,2-4,12-13,15H2,1H3,(H,26,30)(H,27,28,29). The van der Waals surface area contributed by atoms with Gasteiger partial charge in [0.05, 0.1) is 0 Å². The van der Waals surface area contributed by atoms with Crippen LogP contribution in [0.4, 0.5) is 5.95 Å². The minimum atomic E-state index is -0.0865. The SMILES string of the molecule is Cc1ccccc1CNC(=O)c1cccc(-c2cnc(NC3CCCCC3)nc2)c1. The highest BCUT2D eigenvalue weighted by molar-refractivity contribution is 5.95. The van der Waals surface area contributed by atoms with Crippen molar-refractivity contribution in [3.8, 4) is 11.1 Å². The lowest BCUT2D eigenvalue weighted by atomic mass is 9.96. The van der Waals surface area contributed by atoms with Crippen molar-refractivity contribution >= 4 is 11.9 Å². The number of rotatable bonds is 6. The number of nitrogens with one attached hydrogen (secondary N) is 2. The molecule has 0 atom stereocenters. The summed E-state index contributed by atoms with van der Waals surface area (Å²) < 4.78 is 0. The number of amides is 1. The Morgan fingerprint density at radius 3 is 2.50 bits per heavy atom. The summed E-state index contributed by atoms with van der Waals surface area (Å²) in [5, 5.41) is 6.45. The van der Waals surface area contributed by atoms with Crippen LogP contribution in [0, 0.1) is 6.92 Å². The van der Waals surface area contributed by atoms with Crippen LogP contribution in [0.1, 0.15) is 53.6 Å². The van der Waals surface area contributed by atoms with Gasteiger partial charge in [-0.3, -0.25) is 4.79 Å². The van der Waals surface area contributed by atoms with Crippen molar-refractivity contribution in [1.82, 2.24) is 15.3 Å². The van der Waals surface area contributed by atoms with Gasteiger partial charge in [0, 0.05) is 36.1 Å². The Balaban J connectivity index is 1.41. The van der Waals surface area contributed by atoms with Crippen molar-refractivity contribution in [2.45, 2.75) is 51.6 Å². The van der Waals surface area contributed by atoms with Gasteiger partial charge in [-0.2, -0.15) is 0 Å². The molecular formula is C25H28N4O. The zero-order valence-electron chi connectivity index (χ0n) is 17.4. The van der Waals surface area contributed by atoms with Gasteiger partial charge in [0.2, 0.25) is 5.95 Å². The second-order valence-corrected chi connectivity index (χ2v) is 7.96. The predicted molar refractivity (Wildman–Crippen MR) is 120 cm³/mol. The molecule has 30 heavy (non-hydrogen) atoms. The van der Waals surface area contributed by atoms with Crippen LogP contribution < -0.4 is 10.6 Å². The van der Waals surface area contributed by atoms with Crippen molar-refractivity contribution in [3.63, 3.8) is 0 Å². The highest BCUT2D eigenvalue weighted by Crippen LogP contribution is 2.22. The maximum Gasteiger partial charge on any atom is 0.251 e. The molecule has 0 aliphatic heterocycles. The number of benzene rings is 2. The third-order valence-electron chi connectivity index (χ3n) is 5.75. The molecule has 0 spiro atoms. The van der Waals surface area contributed by atoms with Crippen molar-refractivity contribution in [2.24, 2.45) is 0 Å². The Morgan fingerprint density at radius 1 is 0.967 bits per heavy atom. The van der Waals surface area contributed by atoms with Crippen LogP contribution in [-0.4, -0.2) is 21.9 Å². The highest BCUT2D eigenvalue weighted by Gasteiger charge is 2.14. The number of aromatic nitrogens is 2. The minimum Gasteiger partial charge on any atom is -0.351 e. The first kappa shape index (κ1) is 20.1. The first-order chi connectivity index (χ1) is 14.7. The first-order valence-electron chi connectivity index (χ1n) is 10.7. The lowest BCUT2D eigenvalue weighted by Gasteiger charge is -2.22. The lowest BCUT2D eigenvalue weighted by Crippen LogP contribution is -2.23. The molecule has 1 saturated carbocycles. The molecule has 3 aromatic rings. The topological polar surface area (TPSA) is 66.9 Å². The summed E-state index contributed by atoms with van der Waals surface area (Å²) in [6.07, 6.45) is 9.89. The summed E-state index contributed by atoms with van der Waals surface area (Å²) in [6.45, 7) is 2.56. The lowest BCUT2D eigenvalue weighted by molar-refractivity contribution is 0.0951. The number of nitrogens with zero attached hydrogens (tertiary/aromatic N) is 2. The molecule has 1 aromatic heterocycles. The summed E-state index contributed by atoms with van der Waals surface area (Å²) in [5.74, 6) is 0.592. The van der Waals surface area contributed by atoms with E-state index < -0.39 is 0 Å². The van der Waals surface area contributed by atoms with Gasteiger partial charge in [0.25, 0.3) is 5.91 Å². The minimum absolute atomic E-state index is 0.0865. The molecule has 5 heteroatoms. The van der Waals surface area contributed by atoms with E-state index in [4.69, 9.17) is 0 Å². The molecule has 0 bridgehead atoms. The zero-order chi connectivity index (χ0) is 20.8. The fraction of sp³-hybridized carbons (Fsp3) is 0.320. The summed E-state index contributed by atoms with van der Waals surface area (Å²) in [4.78, 5) is 21.6. The molecule has 5 nitrogen and oxygen atoms in total. The number of carbonyl (C=O) groups excluding carboxylic acids is 1. The van der Waals surface area contributed by atoms with Crippen molar-refractivity contribution < 1.29 is 4.79 Å². The van der Waals surface area contributed by atoms with Crippen molar-refractivity contribution in [2.75, 3.05) is 5.32 Å². The zero-order valence-corrected chi connectivity index (χ0v) is 17.4. The second kappa shape index (κ2) is 9.53. The smallest absolute Gasteiger partial charge is 0.251 e. The number of carbonyl (C=O) groups is 1. The molecule has 2 aromatic carbocycles. The van der Waals surface area contributed by atoms with Crippen LogP contribution in [0.2, 0.25) is 0 Å². The third kappa shape index (κ3) is 5.03. The molecule has 1 aliphatic carbocycles. The first-order valence-corrected chi connectivity index (χ1v) is 10.7. The second-order valence-electron chi connectivity index (χ2n) is 7.96. The van der Waals surface area contributed by atoms with E-state index in [1.807, 2.05) is 54.9 Å². The fourth-order valence-corrected chi connectivity index (χ4v) is 3.91. The molecule has 154 valence electrons. The number of hydrogen-bond acceptors (Lipinski definition) is 4. The van der Waals surface area contributed by atoms with Crippen LogP contribution in [0.15, 0.2) is 60.9 Å². The van der Waals surface area contributed by atoms with E-state index in [-0.39, 0.29) is 5.91 Å². The summed E-state index contributed by atoms with van der Waals surface area (Å²) in [7, 11) is 0. The van der Waals surface area contributed by atoms with E-state index in [9.17, 15) is 4.79 Å². The van der Waals surface area contributed by atoms with Crippen LogP contribution in [0.3, 0.4) is 0 Å². The van der Waals surface area contributed by atoms with Crippen LogP contribution in [-0.2, 0) is 6.54 Å². The van der Waals surface area contributed by atoms with E-state index >= 15 is 0 Å². The highest BCUT2D eigenvalue weighted by atomic mass is 16.1. The Hall–Kier alpha value is -3.21. The van der Waals surface area contributed by atoms with Gasteiger partial charge in [0.15, 0.2) is 0 Å². The Kier molecular flexibility index (Phi) is 6.38. The molecule has 1 heterocycles. The molecular weight excluding hydrogens is 372 g/mol. The van der Waals surface area contributed by atoms with E-state index in [1.165, 1.54) is 37.7 Å². The number of aryl methyl sites for hydroxylation is 1.